The van der Waals surface area contributed by atoms with Crippen LogP contribution < -0.4 is 5.73 Å². The monoisotopic (exact) mass is 533 g/mol. The summed E-state index contributed by atoms with van der Waals surface area (Å²) in [6, 6.07) is 17.7. The van der Waals surface area contributed by atoms with Gasteiger partial charge in [-0.1, -0.05) is 47.6 Å². The second-order valence-electron chi connectivity index (χ2n) is 7.85. The summed E-state index contributed by atoms with van der Waals surface area (Å²) in [6.45, 7) is 2.52. The van der Waals surface area contributed by atoms with Crippen molar-refractivity contribution in [3.05, 3.63) is 89.1 Å². The molecule has 5 aromatic rings. The molecule has 3 aromatic heterocycles. The number of hydrogen-bond acceptors (Lipinski definition) is 7. The van der Waals surface area contributed by atoms with E-state index in [2.05, 4.69) is 15.2 Å². The number of rotatable bonds is 5. The number of nitrogens with two attached hydrogens (primary N) is 1. The number of hydrogen-bond donors (Lipinski definition) is 2. The van der Waals surface area contributed by atoms with Crippen LogP contribution in [0, 0.1) is 12.7 Å². The van der Waals surface area contributed by atoms with E-state index in [1.54, 1.807) is 12.1 Å². The van der Waals surface area contributed by atoms with Crippen molar-refractivity contribution in [3.63, 3.8) is 0 Å². The molecular weight excluding hydrogens is 514 g/mol. The zero-order chi connectivity index (χ0) is 26.7. The number of carboxylic acid groups (broad SMARTS) is 1. The fraction of sp³-hybridized carbons (Fsp3) is 0.167. The highest BCUT2D eigenvalue weighted by molar-refractivity contribution is 7.21. The number of alkyl halides is 3. The molecular formula is C24H19F4N5O3S. The van der Waals surface area contributed by atoms with Crippen LogP contribution in [0.5, 0.6) is 0 Å². The maximum Gasteiger partial charge on any atom is 0.490 e. The van der Waals surface area contributed by atoms with Crippen molar-refractivity contribution in [2.24, 2.45) is 5.73 Å². The van der Waals surface area contributed by atoms with Gasteiger partial charge < -0.3 is 15.4 Å². The molecule has 37 heavy (non-hydrogen) atoms. The molecule has 0 amide bonds. The topological polar surface area (TPSA) is 120 Å². The molecule has 0 aliphatic rings. The van der Waals surface area contributed by atoms with E-state index in [0.29, 0.717) is 18.3 Å². The first-order valence-corrected chi connectivity index (χ1v) is 11.5. The molecule has 1 unspecified atom stereocenters. The molecule has 0 saturated carbocycles. The quantitative estimate of drug-likeness (QED) is 0.293. The Morgan fingerprint density at radius 2 is 1.81 bits per heavy atom. The lowest BCUT2D eigenvalue weighted by molar-refractivity contribution is -0.192. The minimum absolute atomic E-state index is 0.250. The molecule has 0 aliphatic heterocycles. The summed E-state index contributed by atoms with van der Waals surface area (Å²) < 4.78 is 52.3. The first-order chi connectivity index (χ1) is 17.5. The molecule has 0 radical (unpaired) electrons. The Labute approximate surface area is 211 Å². The van der Waals surface area contributed by atoms with Crippen LogP contribution in [-0.2, 0) is 11.3 Å². The molecule has 5 rings (SSSR count). The number of carbonyl (C=O) groups is 1. The third kappa shape index (κ3) is 6.01. The second kappa shape index (κ2) is 10.5. The second-order valence-corrected chi connectivity index (χ2v) is 8.88. The SMILES string of the molecule is Cc1nn(Cc2ccc(F)cc2)c2sc(-c3nc(C(N)c4ccccc4)no3)cc12.O=C(O)C(F)(F)F. The lowest BCUT2D eigenvalue weighted by Crippen LogP contribution is -2.21. The number of carboxylic acids is 1. The van der Waals surface area contributed by atoms with Gasteiger partial charge in [0.15, 0.2) is 5.82 Å². The molecule has 1 atom stereocenters. The van der Waals surface area contributed by atoms with Crippen LogP contribution in [0.15, 0.2) is 65.2 Å². The van der Waals surface area contributed by atoms with Gasteiger partial charge in [0, 0.05) is 5.39 Å². The number of thiophene rings is 1. The summed E-state index contributed by atoms with van der Waals surface area (Å²) >= 11 is 1.53. The average Bonchev–Trinajstić information content (AvgIpc) is 3.58. The van der Waals surface area contributed by atoms with Gasteiger partial charge in [-0.2, -0.15) is 23.3 Å². The van der Waals surface area contributed by atoms with Crippen LogP contribution in [0.3, 0.4) is 0 Å². The van der Waals surface area contributed by atoms with Gasteiger partial charge in [0.1, 0.15) is 10.6 Å². The molecule has 8 nitrogen and oxygen atoms in total. The molecule has 3 heterocycles. The van der Waals surface area contributed by atoms with E-state index in [1.165, 1.54) is 23.5 Å². The van der Waals surface area contributed by atoms with Crippen LogP contribution in [0.1, 0.15) is 28.7 Å². The van der Waals surface area contributed by atoms with Crippen molar-refractivity contribution in [2.75, 3.05) is 0 Å². The van der Waals surface area contributed by atoms with Gasteiger partial charge in [-0.05, 0) is 36.2 Å². The number of halogens is 4. The van der Waals surface area contributed by atoms with E-state index in [0.717, 1.165) is 31.9 Å². The molecule has 0 bridgehead atoms. The van der Waals surface area contributed by atoms with Gasteiger partial charge in [0.2, 0.25) is 0 Å². The fourth-order valence-corrected chi connectivity index (χ4v) is 4.44. The number of benzene rings is 2. The third-order valence-corrected chi connectivity index (χ3v) is 6.32. The van der Waals surface area contributed by atoms with Crippen molar-refractivity contribution in [1.29, 1.82) is 0 Å². The molecule has 0 spiro atoms. The molecule has 192 valence electrons. The molecule has 0 saturated heterocycles. The van der Waals surface area contributed by atoms with Crippen LogP contribution in [0.2, 0.25) is 0 Å². The summed E-state index contributed by atoms with van der Waals surface area (Å²) in [5, 5.41) is 16.9. The van der Waals surface area contributed by atoms with Crippen molar-refractivity contribution < 1.29 is 32.0 Å². The summed E-state index contributed by atoms with van der Waals surface area (Å²) in [4.78, 5) is 15.3. The van der Waals surface area contributed by atoms with Gasteiger partial charge in [-0.15, -0.1) is 11.3 Å². The summed E-state index contributed by atoms with van der Waals surface area (Å²) in [5.74, 6) is -2.13. The fourth-order valence-electron chi connectivity index (χ4n) is 3.36. The maximum atomic E-state index is 13.2. The Balaban J connectivity index is 0.000000405. The smallest absolute Gasteiger partial charge is 0.475 e. The largest absolute Gasteiger partial charge is 0.490 e. The van der Waals surface area contributed by atoms with Gasteiger partial charge in [0.25, 0.3) is 5.89 Å². The normalized spacial score (nSPS) is 12.3. The Morgan fingerprint density at radius 1 is 1.16 bits per heavy atom. The zero-order valence-corrected chi connectivity index (χ0v) is 19.9. The predicted octanol–water partition coefficient (Wildman–Crippen LogP) is 5.33. The molecule has 3 N–H and O–H groups in total. The first kappa shape index (κ1) is 26.0. The van der Waals surface area contributed by atoms with Crippen molar-refractivity contribution in [1.82, 2.24) is 19.9 Å². The Bertz CT molecular complexity index is 1510. The molecule has 2 aromatic carbocycles. The Morgan fingerprint density at radius 3 is 2.43 bits per heavy atom. The van der Waals surface area contributed by atoms with Gasteiger partial charge >= 0.3 is 12.1 Å². The van der Waals surface area contributed by atoms with Crippen LogP contribution >= 0.6 is 11.3 Å². The average molecular weight is 534 g/mol. The van der Waals surface area contributed by atoms with E-state index in [1.807, 2.05) is 48.0 Å². The summed E-state index contributed by atoms with van der Waals surface area (Å²) in [7, 11) is 0. The number of nitrogens with zero attached hydrogens (tertiary/aromatic N) is 4. The molecule has 0 aliphatic carbocycles. The van der Waals surface area contributed by atoms with E-state index in [4.69, 9.17) is 20.2 Å². The van der Waals surface area contributed by atoms with E-state index < -0.39 is 18.2 Å². The minimum atomic E-state index is -5.08. The lowest BCUT2D eigenvalue weighted by atomic mass is 10.1. The van der Waals surface area contributed by atoms with Crippen LogP contribution in [0.4, 0.5) is 17.6 Å². The van der Waals surface area contributed by atoms with Crippen molar-refractivity contribution in [2.45, 2.75) is 25.7 Å². The standard InChI is InChI=1S/C22H18FN5OS.C2HF3O2/c1-13-17-11-18(21-25-20(27-29-21)19(24)15-5-3-2-4-6-15)30-22(17)28(26-13)12-14-7-9-16(23)10-8-14;3-2(4,5)1(6)7/h2-11,19H,12,24H2,1H3;(H,6,7). The highest BCUT2D eigenvalue weighted by Gasteiger charge is 2.38. The molecule has 13 heteroatoms. The maximum absolute atomic E-state index is 13.2. The Hall–Kier alpha value is -4.10. The summed E-state index contributed by atoms with van der Waals surface area (Å²) in [6.07, 6.45) is -5.08. The Kier molecular flexibility index (Phi) is 7.36. The third-order valence-electron chi connectivity index (χ3n) is 5.18. The van der Waals surface area contributed by atoms with E-state index in [-0.39, 0.29) is 5.82 Å². The number of aryl methyl sites for hydroxylation is 1. The van der Waals surface area contributed by atoms with Crippen LogP contribution in [-0.4, -0.2) is 37.2 Å². The zero-order valence-electron chi connectivity index (χ0n) is 19.1. The van der Waals surface area contributed by atoms with Gasteiger partial charge in [-0.25, -0.2) is 9.18 Å². The number of fused-ring (bicyclic) bond motifs is 1. The highest BCUT2D eigenvalue weighted by Crippen LogP contribution is 2.35. The van der Waals surface area contributed by atoms with E-state index in [9.17, 15) is 17.6 Å². The van der Waals surface area contributed by atoms with Crippen molar-refractivity contribution in [3.8, 4) is 10.8 Å². The van der Waals surface area contributed by atoms with Gasteiger partial charge in [-0.3, -0.25) is 4.68 Å². The minimum Gasteiger partial charge on any atom is -0.475 e. The highest BCUT2D eigenvalue weighted by atomic mass is 32.1. The van der Waals surface area contributed by atoms with Crippen LogP contribution in [0.25, 0.3) is 21.0 Å². The van der Waals surface area contributed by atoms with Gasteiger partial charge in [0.05, 0.1) is 23.2 Å². The summed E-state index contributed by atoms with van der Waals surface area (Å²) in [5.41, 5.74) is 9.10. The first-order valence-electron chi connectivity index (χ1n) is 10.7. The number of aliphatic carboxylic acids is 1. The lowest BCUT2D eigenvalue weighted by Gasteiger charge is -2.05. The van der Waals surface area contributed by atoms with E-state index >= 15 is 0 Å². The number of aromatic nitrogens is 4. The molecule has 0 fully saturated rings. The van der Waals surface area contributed by atoms with Crippen molar-refractivity contribution >= 4 is 27.5 Å². The predicted molar refractivity (Wildman–Crippen MR) is 127 cm³/mol.